The fourth-order valence-corrected chi connectivity index (χ4v) is 5.57. The molecule has 10 heteroatoms. The lowest BCUT2D eigenvalue weighted by molar-refractivity contribution is -0.0328. The number of nitrogens with zero attached hydrogens (tertiary/aromatic N) is 2. The van der Waals surface area contributed by atoms with E-state index in [0.29, 0.717) is 27.3 Å². The summed E-state index contributed by atoms with van der Waals surface area (Å²) in [6, 6.07) is 11.8. The molecule has 0 atom stereocenters. The topological polar surface area (TPSA) is 53.4 Å². The van der Waals surface area contributed by atoms with Gasteiger partial charge in [0.1, 0.15) is 11.4 Å². The summed E-state index contributed by atoms with van der Waals surface area (Å²) in [4.78, 5) is 14.0. The van der Waals surface area contributed by atoms with Gasteiger partial charge < -0.3 is 9.47 Å². The Morgan fingerprint density at radius 1 is 1.06 bits per heavy atom. The van der Waals surface area contributed by atoms with Gasteiger partial charge in [-0.05, 0) is 49.0 Å². The fourth-order valence-electron chi connectivity index (χ4n) is 3.77. The van der Waals surface area contributed by atoms with E-state index >= 15 is 0 Å². The van der Waals surface area contributed by atoms with Crippen LogP contribution >= 0.6 is 23.1 Å². The molecule has 0 aliphatic heterocycles. The predicted octanol–water partition coefficient (Wildman–Crippen LogP) is 6.27. The number of methoxy groups -OCH3 is 2. The molecule has 0 unspecified atom stereocenters. The van der Waals surface area contributed by atoms with E-state index in [2.05, 4.69) is 5.10 Å². The molecule has 0 aliphatic rings. The number of halogens is 3. The SMILES string of the molecule is COc1ccccc1-c1sc2ccc(SC(F)(F)F)cc2c1-c1c(OC)c(C)nn(C)c1=O. The Labute approximate surface area is 195 Å². The largest absolute Gasteiger partial charge is 0.496 e. The number of ether oxygens (including phenoxy) is 2. The summed E-state index contributed by atoms with van der Waals surface area (Å²) in [5.41, 5.74) is -2.90. The maximum atomic E-state index is 13.3. The molecule has 4 rings (SSSR count). The molecule has 0 fully saturated rings. The van der Waals surface area contributed by atoms with Crippen LogP contribution in [0.4, 0.5) is 13.2 Å². The summed E-state index contributed by atoms with van der Waals surface area (Å²) < 4.78 is 52.3. The minimum absolute atomic E-state index is 0.0298. The highest BCUT2D eigenvalue weighted by atomic mass is 32.2. The summed E-state index contributed by atoms with van der Waals surface area (Å²) in [5, 5.41) is 4.73. The van der Waals surface area contributed by atoms with Crippen molar-refractivity contribution in [2.45, 2.75) is 17.3 Å². The van der Waals surface area contributed by atoms with Crippen molar-refractivity contribution >= 4 is 33.2 Å². The standard InChI is InChI=1S/C23H19F3N2O3S2/c1-12-20(31-4)19(22(29)28(2)27-12)18-15-11-13(33-23(24,25)26)9-10-17(15)32-21(18)14-7-5-6-8-16(14)30-3/h5-11H,1-4H3. The minimum atomic E-state index is -4.43. The van der Waals surface area contributed by atoms with Crippen LogP contribution in [0, 0.1) is 6.92 Å². The highest BCUT2D eigenvalue weighted by Gasteiger charge is 2.30. The lowest BCUT2D eigenvalue weighted by Gasteiger charge is -2.14. The average molecular weight is 493 g/mol. The number of alkyl halides is 3. The summed E-state index contributed by atoms with van der Waals surface area (Å²) in [6.07, 6.45) is 0. The van der Waals surface area contributed by atoms with Gasteiger partial charge in [0.25, 0.3) is 5.56 Å². The van der Waals surface area contributed by atoms with Gasteiger partial charge in [-0.2, -0.15) is 18.3 Å². The summed E-state index contributed by atoms with van der Waals surface area (Å²) in [5.74, 6) is 0.861. The van der Waals surface area contributed by atoms with E-state index in [1.807, 2.05) is 18.2 Å². The quantitative estimate of drug-likeness (QED) is 0.308. The molecule has 172 valence electrons. The first-order chi connectivity index (χ1) is 15.6. The van der Waals surface area contributed by atoms with Crippen molar-refractivity contribution in [3.63, 3.8) is 0 Å². The van der Waals surface area contributed by atoms with Crippen LogP contribution in [0.5, 0.6) is 11.5 Å². The van der Waals surface area contributed by atoms with E-state index in [1.54, 1.807) is 26.2 Å². The second kappa shape index (κ2) is 8.75. The molecular weight excluding hydrogens is 473 g/mol. The van der Waals surface area contributed by atoms with Crippen LogP contribution in [0.25, 0.3) is 31.7 Å². The number of fused-ring (bicyclic) bond motifs is 1. The van der Waals surface area contributed by atoms with E-state index in [1.165, 1.54) is 42.3 Å². The number of rotatable bonds is 5. The molecule has 33 heavy (non-hydrogen) atoms. The van der Waals surface area contributed by atoms with Crippen LogP contribution in [-0.2, 0) is 7.05 Å². The molecule has 0 aliphatic carbocycles. The number of thiophene rings is 1. The molecule has 0 N–H and O–H groups in total. The summed E-state index contributed by atoms with van der Waals surface area (Å²) >= 11 is 1.18. The number of hydrogen-bond acceptors (Lipinski definition) is 6. The van der Waals surface area contributed by atoms with Crippen molar-refractivity contribution in [3.05, 3.63) is 58.5 Å². The van der Waals surface area contributed by atoms with Crippen LogP contribution in [-0.4, -0.2) is 29.5 Å². The van der Waals surface area contributed by atoms with Crippen LogP contribution in [0.15, 0.2) is 52.2 Å². The molecule has 5 nitrogen and oxygen atoms in total. The highest BCUT2D eigenvalue weighted by Crippen LogP contribution is 2.50. The third kappa shape index (κ3) is 4.32. The Morgan fingerprint density at radius 3 is 2.45 bits per heavy atom. The normalized spacial score (nSPS) is 11.7. The number of thioether (sulfide) groups is 1. The number of benzene rings is 2. The number of aromatic nitrogens is 2. The van der Waals surface area contributed by atoms with Gasteiger partial charge in [-0.15, -0.1) is 11.3 Å². The molecule has 0 saturated heterocycles. The molecular formula is C23H19F3N2O3S2. The van der Waals surface area contributed by atoms with E-state index in [0.717, 1.165) is 10.3 Å². The van der Waals surface area contributed by atoms with Gasteiger partial charge in [-0.25, -0.2) is 4.68 Å². The first kappa shape index (κ1) is 23.2. The molecule has 0 radical (unpaired) electrons. The summed E-state index contributed by atoms with van der Waals surface area (Å²) in [7, 11) is 4.51. The zero-order chi connectivity index (χ0) is 23.9. The van der Waals surface area contributed by atoms with Gasteiger partial charge in [-0.3, -0.25) is 4.79 Å². The van der Waals surface area contributed by atoms with Crippen molar-refractivity contribution in [2.24, 2.45) is 7.05 Å². The van der Waals surface area contributed by atoms with Crippen molar-refractivity contribution in [1.29, 1.82) is 0 Å². The zero-order valence-electron chi connectivity index (χ0n) is 18.1. The van der Waals surface area contributed by atoms with Crippen LogP contribution in [0.3, 0.4) is 0 Å². The third-order valence-corrected chi connectivity index (χ3v) is 6.99. The Balaban J connectivity index is 2.15. The molecule has 2 aromatic carbocycles. The molecule has 0 amide bonds. The smallest absolute Gasteiger partial charge is 0.446 e. The second-order valence-electron chi connectivity index (χ2n) is 7.13. The molecule has 0 bridgehead atoms. The average Bonchev–Trinajstić information content (AvgIpc) is 3.13. The molecule has 2 aromatic heterocycles. The highest BCUT2D eigenvalue weighted by molar-refractivity contribution is 8.00. The van der Waals surface area contributed by atoms with Gasteiger partial charge in [0.05, 0.1) is 19.8 Å². The lowest BCUT2D eigenvalue weighted by Crippen LogP contribution is -2.23. The first-order valence-corrected chi connectivity index (χ1v) is 11.4. The molecule has 0 spiro atoms. The van der Waals surface area contributed by atoms with E-state index in [9.17, 15) is 18.0 Å². The van der Waals surface area contributed by atoms with Crippen LogP contribution < -0.4 is 15.0 Å². The van der Waals surface area contributed by atoms with Crippen molar-refractivity contribution in [2.75, 3.05) is 14.2 Å². The number of hydrogen-bond donors (Lipinski definition) is 0. The second-order valence-corrected chi connectivity index (χ2v) is 9.33. The predicted molar refractivity (Wildman–Crippen MR) is 125 cm³/mol. The monoisotopic (exact) mass is 492 g/mol. The van der Waals surface area contributed by atoms with E-state index < -0.39 is 11.1 Å². The Kier molecular flexibility index (Phi) is 6.15. The van der Waals surface area contributed by atoms with Crippen molar-refractivity contribution in [1.82, 2.24) is 9.78 Å². The van der Waals surface area contributed by atoms with Crippen LogP contribution in [0.1, 0.15) is 5.69 Å². The van der Waals surface area contributed by atoms with Crippen LogP contribution in [0.2, 0.25) is 0 Å². The van der Waals surface area contributed by atoms with E-state index in [-0.39, 0.29) is 28.0 Å². The minimum Gasteiger partial charge on any atom is -0.496 e. The Hall–Kier alpha value is -2.98. The Bertz CT molecular complexity index is 1410. The van der Waals surface area contributed by atoms with Gasteiger partial charge in [0.15, 0.2) is 5.75 Å². The lowest BCUT2D eigenvalue weighted by atomic mass is 9.98. The zero-order valence-corrected chi connectivity index (χ0v) is 19.7. The van der Waals surface area contributed by atoms with Gasteiger partial charge >= 0.3 is 5.51 Å². The molecule has 0 saturated carbocycles. The van der Waals surface area contributed by atoms with Gasteiger partial charge in [0, 0.05) is 38.0 Å². The number of aryl methyl sites for hydroxylation is 2. The van der Waals surface area contributed by atoms with Crippen molar-refractivity contribution in [3.8, 4) is 33.1 Å². The molecule has 4 aromatic rings. The summed E-state index contributed by atoms with van der Waals surface area (Å²) in [6.45, 7) is 1.71. The van der Waals surface area contributed by atoms with Crippen molar-refractivity contribution < 1.29 is 22.6 Å². The third-order valence-electron chi connectivity index (χ3n) is 5.06. The molecule has 2 heterocycles. The number of para-hydroxylation sites is 1. The fraction of sp³-hybridized carbons (Fsp3) is 0.217. The van der Waals surface area contributed by atoms with Gasteiger partial charge in [-0.1, -0.05) is 12.1 Å². The van der Waals surface area contributed by atoms with Gasteiger partial charge in [0.2, 0.25) is 0 Å². The van der Waals surface area contributed by atoms with E-state index in [4.69, 9.17) is 9.47 Å². The first-order valence-electron chi connectivity index (χ1n) is 9.72. The maximum Gasteiger partial charge on any atom is 0.446 e. The maximum absolute atomic E-state index is 13.3. The Morgan fingerprint density at radius 2 is 1.79 bits per heavy atom.